The molecule has 0 saturated heterocycles. The molecule has 1 N–H and O–H groups in total. The van der Waals surface area contributed by atoms with Crippen LogP contribution in [0.5, 0.6) is 0 Å². The molecule has 0 radical (unpaired) electrons. The molecule has 5 heteroatoms. The first-order chi connectivity index (χ1) is 6.73. The summed E-state index contributed by atoms with van der Waals surface area (Å²) in [6, 6.07) is 1.81. The quantitative estimate of drug-likeness (QED) is 0.800. The van der Waals surface area contributed by atoms with E-state index in [1.54, 1.807) is 12.5 Å². The number of aromatic nitrogens is 2. The van der Waals surface area contributed by atoms with Crippen molar-refractivity contribution in [1.82, 2.24) is 9.97 Å². The summed E-state index contributed by atoms with van der Waals surface area (Å²) < 4.78 is 11.4. The molecule has 1 aromatic heterocycles. The molecule has 0 aliphatic heterocycles. The molecular weight excluding hydrogens is 198 g/mol. The van der Waals surface area contributed by atoms with Crippen LogP contribution in [0.1, 0.15) is 12.8 Å². The second-order valence-corrected chi connectivity index (χ2v) is 5.36. The van der Waals surface area contributed by atoms with Crippen molar-refractivity contribution < 1.29 is 4.21 Å². The third-order valence-corrected chi connectivity index (χ3v) is 4.36. The maximum absolute atomic E-state index is 11.4. The van der Waals surface area contributed by atoms with Crippen molar-refractivity contribution in [2.24, 2.45) is 0 Å². The molecule has 76 valence electrons. The molecule has 1 atom stereocenters. The van der Waals surface area contributed by atoms with E-state index in [0.717, 1.165) is 25.2 Å². The van der Waals surface area contributed by atoms with Gasteiger partial charge in [-0.1, -0.05) is 0 Å². The van der Waals surface area contributed by atoms with Gasteiger partial charge in [0.1, 0.15) is 12.1 Å². The van der Waals surface area contributed by atoms with Gasteiger partial charge >= 0.3 is 0 Å². The van der Waals surface area contributed by atoms with Crippen LogP contribution in [0.15, 0.2) is 18.6 Å². The predicted molar refractivity (Wildman–Crippen MR) is 56.6 cm³/mol. The zero-order valence-electron chi connectivity index (χ0n) is 8.06. The zero-order valence-corrected chi connectivity index (χ0v) is 8.88. The van der Waals surface area contributed by atoms with Crippen LogP contribution in [-0.4, -0.2) is 31.7 Å². The minimum Gasteiger partial charge on any atom is -0.368 e. The van der Waals surface area contributed by atoms with Crippen molar-refractivity contribution in [3.8, 4) is 0 Å². The van der Waals surface area contributed by atoms with Crippen LogP contribution < -0.4 is 5.32 Å². The van der Waals surface area contributed by atoms with Crippen molar-refractivity contribution >= 4 is 16.6 Å². The number of rotatable bonds is 4. The Morgan fingerprint density at radius 1 is 1.64 bits per heavy atom. The van der Waals surface area contributed by atoms with Crippen LogP contribution in [0, 0.1) is 0 Å². The van der Waals surface area contributed by atoms with E-state index in [2.05, 4.69) is 15.3 Å². The highest BCUT2D eigenvalue weighted by Crippen LogP contribution is 2.40. The molecule has 2 rings (SSSR count). The van der Waals surface area contributed by atoms with Gasteiger partial charge in [-0.15, -0.1) is 0 Å². The van der Waals surface area contributed by atoms with E-state index in [1.165, 1.54) is 6.33 Å². The van der Waals surface area contributed by atoms with Gasteiger partial charge in [0.15, 0.2) is 0 Å². The standard InChI is InChI=1S/C9H13N3OS/c1-14(13)9(3-4-9)6-11-8-2-5-10-7-12-8/h2,5,7H,3-4,6H2,1H3,(H,10,11,12). The maximum Gasteiger partial charge on any atom is 0.129 e. The van der Waals surface area contributed by atoms with E-state index < -0.39 is 10.8 Å². The summed E-state index contributed by atoms with van der Waals surface area (Å²) in [6.07, 6.45) is 7.07. The molecule has 4 nitrogen and oxygen atoms in total. The largest absolute Gasteiger partial charge is 0.368 e. The second-order valence-electron chi connectivity index (χ2n) is 3.59. The minimum atomic E-state index is -0.744. The van der Waals surface area contributed by atoms with Crippen molar-refractivity contribution in [2.75, 3.05) is 18.1 Å². The van der Waals surface area contributed by atoms with Gasteiger partial charge in [-0.25, -0.2) is 9.97 Å². The Morgan fingerprint density at radius 2 is 2.43 bits per heavy atom. The van der Waals surface area contributed by atoms with Crippen molar-refractivity contribution in [3.63, 3.8) is 0 Å². The smallest absolute Gasteiger partial charge is 0.129 e. The van der Waals surface area contributed by atoms with Crippen molar-refractivity contribution in [1.29, 1.82) is 0 Å². The van der Waals surface area contributed by atoms with Gasteiger partial charge in [0, 0.05) is 29.8 Å². The van der Waals surface area contributed by atoms with Crippen LogP contribution in [0.25, 0.3) is 0 Å². The lowest BCUT2D eigenvalue weighted by Gasteiger charge is -2.12. The van der Waals surface area contributed by atoms with Gasteiger partial charge < -0.3 is 5.32 Å². The summed E-state index contributed by atoms with van der Waals surface area (Å²) in [5, 5.41) is 3.18. The lowest BCUT2D eigenvalue weighted by atomic mass is 10.4. The Balaban J connectivity index is 1.92. The summed E-state index contributed by atoms with van der Waals surface area (Å²) in [5.74, 6) is 0.803. The van der Waals surface area contributed by atoms with E-state index in [4.69, 9.17) is 0 Å². The molecule has 1 aliphatic carbocycles. The summed E-state index contributed by atoms with van der Waals surface area (Å²) in [7, 11) is -0.744. The number of anilines is 1. The molecule has 14 heavy (non-hydrogen) atoms. The summed E-state index contributed by atoms with van der Waals surface area (Å²) in [5.41, 5.74) is 0. The summed E-state index contributed by atoms with van der Waals surface area (Å²) in [6.45, 7) is 0.743. The lowest BCUT2D eigenvalue weighted by molar-refractivity contribution is 0.674. The van der Waals surface area contributed by atoms with Gasteiger partial charge in [0.05, 0.1) is 4.75 Å². The van der Waals surface area contributed by atoms with E-state index >= 15 is 0 Å². The average Bonchev–Trinajstić information content (AvgIpc) is 2.97. The Kier molecular flexibility index (Phi) is 2.50. The monoisotopic (exact) mass is 211 g/mol. The highest BCUT2D eigenvalue weighted by Gasteiger charge is 2.46. The Morgan fingerprint density at radius 3 is 2.93 bits per heavy atom. The molecule has 0 amide bonds. The van der Waals surface area contributed by atoms with Gasteiger partial charge in [-0.3, -0.25) is 4.21 Å². The normalized spacial score (nSPS) is 20.1. The van der Waals surface area contributed by atoms with Crippen molar-refractivity contribution in [2.45, 2.75) is 17.6 Å². The Bertz CT molecular complexity index is 337. The fourth-order valence-corrected chi connectivity index (χ4v) is 2.30. The highest BCUT2D eigenvalue weighted by atomic mass is 32.2. The highest BCUT2D eigenvalue weighted by molar-refractivity contribution is 7.86. The molecule has 0 aromatic carbocycles. The molecule has 0 bridgehead atoms. The molecule has 1 saturated carbocycles. The predicted octanol–water partition coefficient (Wildman–Crippen LogP) is 0.800. The number of nitrogens with zero attached hydrogens (tertiary/aromatic N) is 2. The topological polar surface area (TPSA) is 54.9 Å². The molecule has 1 aliphatic rings. The molecule has 1 heterocycles. The van der Waals surface area contributed by atoms with E-state index in [9.17, 15) is 4.21 Å². The molecule has 0 spiro atoms. The molecule has 1 aromatic rings. The van der Waals surface area contributed by atoms with Crippen LogP contribution in [-0.2, 0) is 10.8 Å². The first-order valence-corrected chi connectivity index (χ1v) is 6.12. The van der Waals surface area contributed by atoms with E-state index in [1.807, 2.05) is 6.07 Å². The molecular formula is C9H13N3OS. The summed E-state index contributed by atoms with van der Waals surface area (Å²) in [4.78, 5) is 7.88. The van der Waals surface area contributed by atoms with E-state index in [-0.39, 0.29) is 4.75 Å². The van der Waals surface area contributed by atoms with Gasteiger partial charge in [0.25, 0.3) is 0 Å². The third kappa shape index (κ3) is 1.92. The Labute approximate surface area is 85.6 Å². The van der Waals surface area contributed by atoms with Gasteiger partial charge in [0.2, 0.25) is 0 Å². The summed E-state index contributed by atoms with van der Waals surface area (Å²) >= 11 is 0. The molecule has 1 fully saturated rings. The second kappa shape index (κ2) is 3.65. The van der Waals surface area contributed by atoms with Crippen LogP contribution >= 0.6 is 0 Å². The van der Waals surface area contributed by atoms with Crippen LogP contribution in [0.4, 0.5) is 5.82 Å². The van der Waals surface area contributed by atoms with E-state index in [0.29, 0.717) is 0 Å². The number of hydrogen-bond donors (Lipinski definition) is 1. The Hall–Kier alpha value is -0.970. The van der Waals surface area contributed by atoms with Gasteiger partial charge in [-0.05, 0) is 18.9 Å². The first kappa shape index (κ1) is 9.58. The van der Waals surface area contributed by atoms with Crippen molar-refractivity contribution in [3.05, 3.63) is 18.6 Å². The lowest BCUT2D eigenvalue weighted by Crippen LogP contribution is -2.26. The number of hydrogen-bond acceptors (Lipinski definition) is 4. The zero-order chi connectivity index (χ0) is 10.0. The SMILES string of the molecule is CS(=O)C1(CNc2ccncn2)CC1. The minimum absolute atomic E-state index is 0.00491. The fourth-order valence-electron chi connectivity index (χ4n) is 1.35. The van der Waals surface area contributed by atoms with Crippen LogP contribution in [0.3, 0.4) is 0 Å². The maximum atomic E-state index is 11.4. The third-order valence-electron chi connectivity index (χ3n) is 2.59. The van der Waals surface area contributed by atoms with Crippen LogP contribution in [0.2, 0.25) is 0 Å². The fraction of sp³-hybridized carbons (Fsp3) is 0.556. The van der Waals surface area contributed by atoms with Gasteiger partial charge in [-0.2, -0.15) is 0 Å². The average molecular weight is 211 g/mol. The first-order valence-electron chi connectivity index (χ1n) is 4.56. The number of nitrogens with one attached hydrogen (secondary N) is 1. The molecule has 1 unspecified atom stereocenters.